The summed E-state index contributed by atoms with van der Waals surface area (Å²) in [5, 5.41) is 13.8. The van der Waals surface area contributed by atoms with Gasteiger partial charge < -0.3 is 10.8 Å². The Morgan fingerprint density at radius 2 is 1.55 bits per heavy atom. The molecule has 4 nitrogen and oxygen atoms in total. The molecule has 1 fully saturated rings. The lowest BCUT2D eigenvalue weighted by molar-refractivity contribution is 0.357. The fourth-order valence-corrected chi connectivity index (χ4v) is 1.79. The summed E-state index contributed by atoms with van der Waals surface area (Å²) in [6.45, 7) is 13.4. The van der Waals surface area contributed by atoms with Gasteiger partial charge in [0.25, 0.3) is 0 Å². The molecule has 20 heavy (non-hydrogen) atoms. The fraction of sp³-hybridized carbons (Fsp3) is 0.125. The second-order valence-corrected chi connectivity index (χ2v) is 4.05. The van der Waals surface area contributed by atoms with E-state index in [4.69, 9.17) is 5.73 Å². The van der Waals surface area contributed by atoms with Crippen molar-refractivity contribution in [1.29, 1.82) is 0 Å². The van der Waals surface area contributed by atoms with Crippen molar-refractivity contribution in [3.05, 3.63) is 85.1 Å². The number of aliphatic hydroxyl groups is 1. The fourth-order valence-electron chi connectivity index (χ4n) is 1.79. The smallest absolute Gasteiger partial charge is 0.140 e. The molecule has 1 rings (SSSR count). The van der Waals surface area contributed by atoms with Crippen molar-refractivity contribution in [3.8, 4) is 0 Å². The summed E-state index contributed by atoms with van der Waals surface area (Å²) < 4.78 is 0. The molecule has 0 bridgehead atoms. The Labute approximate surface area is 120 Å². The number of rotatable bonds is 7. The zero-order chi connectivity index (χ0) is 15.1. The Bertz CT molecular complexity index is 524. The first-order valence-electron chi connectivity index (χ1n) is 6.25. The highest BCUT2D eigenvalue weighted by Crippen LogP contribution is 2.32. The average Bonchev–Trinajstić information content (AvgIpc) is 3.17. The molecule has 0 radical (unpaired) electrons. The molecule has 0 aromatic heterocycles. The van der Waals surface area contributed by atoms with Crippen LogP contribution in [0.5, 0.6) is 0 Å². The summed E-state index contributed by atoms with van der Waals surface area (Å²) in [5.41, 5.74) is 8.09. The largest absolute Gasteiger partial charge is 0.506 e. The van der Waals surface area contributed by atoms with Gasteiger partial charge in [-0.3, -0.25) is 10.0 Å². The van der Waals surface area contributed by atoms with E-state index in [9.17, 15) is 5.11 Å². The van der Waals surface area contributed by atoms with E-state index in [0.29, 0.717) is 18.1 Å². The van der Waals surface area contributed by atoms with Gasteiger partial charge in [0.05, 0.1) is 17.1 Å². The zero-order valence-electron chi connectivity index (χ0n) is 11.8. The molecule has 3 N–H and O–H groups in total. The van der Waals surface area contributed by atoms with Crippen LogP contribution in [-0.4, -0.2) is 21.8 Å². The minimum absolute atomic E-state index is 0.161. The van der Waals surface area contributed by atoms with Gasteiger partial charge in [-0.15, -0.1) is 0 Å². The van der Waals surface area contributed by atoms with E-state index >= 15 is 0 Å². The van der Waals surface area contributed by atoms with Gasteiger partial charge >= 0.3 is 0 Å². The standard InChI is InChI=1S/C16H21N3O/c1-5-9-13(17)15(10-6-2)19-12-18(19)14(8-4)16(20)11-7-3/h5-11,20H,1-3,12,17H2,4H3/b13-9+,14-8+,15-10+,16-11+. The van der Waals surface area contributed by atoms with Crippen LogP contribution < -0.4 is 5.73 Å². The average molecular weight is 271 g/mol. The van der Waals surface area contributed by atoms with Crippen LogP contribution in [0.4, 0.5) is 0 Å². The maximum absolute atomic E-state index is 9.94. The van der Waals surface area contributed by atoms with Gasteiger partial charge in [-0.1, -0.05) is 44.0 Å². The van der Waals surface area contributed by atoms with Crippen molar-refractivity contribution in [1.82, 2.24) is 10.0 Å². The van der Waals surface area contributed by atoms with Crippen molar-refractivity contribution >= 4 is 0 Å². The summed E-state index contributed by atoms with van der Waals surface area (Å²) in [4.78, 5) is 0. The molecule has 0 unspecified atom stereocenters. The van der Waals surface area contributed by atoms with Crippen molar-refractivity contribution in [3.63, 3.8) is 0 Å². The minimum atomic E-state index is 0.161. The summed E-state index contributed by atoms with van der Waals surface area (Å²) in [7, 11) is 0. The lowest BCUT2D eigenvalue weighted by atomic mass is 10.3. The van der Waals surface area contributed by atoms with Crippen LogP contribution in [-0.2, 0) is 0 Å². The highest BCUT2D eigenvalue weighted by atomic mass is 16.3. The Balaban J connectivity index is 2.97. The molecule has 0 saturated carbocycles. The van der Waals surface area contributed by atoms with E-state index in [-0.39, 0.29) is 5.76 Å². The van der Waals surface area contributed by atoms with E-state index in [2.05, 4.69) is 19.7 Å². The number of nitrogens with two attached hydrogens (primary N) is 1. The minimum Gasteiger partial charge on any atom is -0.506 e. The van der Waals surface area contributed by atoms with E-state index in [0.717, 1.165) is 5.70 Å². The monoisotopic (exact) mass is 271 g/mol. The number of hydrazine groups is 1. The molecule has 4 heteroatoms. The highest BCUT2D eigenvalue weighted by Gasteiger charge is 2.36. The summed E-state index contributed by atoms with van der Waals surface area (Å²) in [5.74, 6) is 0.161. The highest BCUT2D eigenvalue weighted by molar-refractivity contribution is 5.36. The quantitative estimate of drug-likeness (QED) is 0.424. The van der Waals surface area contributed by atoms with Gasteiger partial charge in [-0.2, -0.15) is 0 Å². The Morgan fingerprint density at radius 1 is 1.00 bits per heavy atom. The van der Waals surface area contributed by atoms with Gasteiger partial charge in [0, 0.05) is 0 Å². The Morgan fingerprint density at radius 3 is 2.05 bits per heavy atom. The Hall–Kier alpha value is -2.62. The number of hydrogen-bond donors (Lipinski definition) is 2. The lowest BCUT2D eigenvalue weighted by Crippen LogP contribution is -2.14. The third-order valence-corrected chi connectivity index (χ3v) is 2.71. The zero-order valence-corrected chi connectivity index (χ0v) is 11.8. The molecule has 1 aliphatic heterocycles. The molecule has 1 saturated heterocycles. The predicted octanol–water partition coefficient (Wildman–Crippen LogP) is 3.11. The van der Waals surface area contributed by atoms with Crippen LogP contribution in [0.2, 0.25) is 0 Å². The number of hydrogen-bond acceptors (Lipinski definition) is 4. The SMILES string of the molecule is C=C/C=C(N)\C(=C/C=C)N1CN1C(=C/C)/C(O)=C\C=C. The van der Waals surface area contributed by atoms with Crippen LogP contribution in [0.1, 0.15) is 6.92 Å². The van der Waals surface area contributed by atoms with Crippen LogP contribution in [0, 0.1) is 0 Å². The molecule has 0 amide bonds. The molecule has 0 aliphatic carbocycles. The number of nitrogens with zero attached hydrogens (tertiary/aromatic N) is 2. The molecular formula is C16H21N3O. The summed E-state index contributed by atoms with van der Waals surface area (Å²) in [6, 6.07) is 0. The maximum atomic E-state index is 9.94. The first-order chi connectivity index (χ1) is 9.60. The topological polar surface area (TPSA) is 52.3 Å². The van der Waals surface area contributed by atoms with E-state index in [1.54, 1.807) is 30.4 Å². The van der Waals surface area contributed by atoms with Crippen LogP contribution in [0.25, 0.3) is 0 Å². The normalized spacial score (nSPS) is 17.1. The van der Waals surface area contributed by atoms with Crippen LogP contribution >= 0.6 is 0 Å². The van der Waals surface area contributed by atoms with Gasteiger partial charge in [0.1, 0.15) is 12.4 Å². The van der Waals surface area contributed by atoms with E-state index in [1.165, 1.54) is 0 Å². The molecule has 106 valence electrons. The van der Waals surface area contributed by atoms with Crippen LogP contribution in [0.15, 0.2) is 85.1 Å². The Kier molecular flexibility index (Phi) is 5.47. The second kappa shape index (κ2) is 7.09. The molecule has 0 atom stereocenters. The first kappa shape index (κ1) is 15.4. The van der Waals surface area contributed by atoms with Gasteiger partial charge in [0.15, 0.2) is 0 Å². The lowest BCUT2D eigenvalue weighted by Gasteiger charge is -2.13. The van der Waals surface area contributed by atoms with Crippen LogP contribution in [0.3, 0.4) is 0 Å². The number of aliphatic hydroxyl groups excluding tert-OH is 1. The van der Waals surface area contributed by atoms with Gasteiger partial charge in [0.2, 0.25) is 0 Å². The van der Waals surface area contributed by atoms with Crippen molar-refractivity contribution in [2.75, 3.05) is 6.67 Å². The molecular weight excluding hydrogens is 250 g/mol. The third-order valence-electron chi connectivity index (χ3n) is 2.71. The molecule has 0 aromatic rings. The second-order valence-electron chi connectivity index (χ2n) is 4.05. The molecule has 0 aromatic carbocycles. The predicted molar refractivity (Wildman–Crippen MR) is 84.0 cm³/mol. The molecule has 0 spiro atoms. The maximum Gasteiger partial charge on any atom is 0.140 e. The van der Waals surface area contributed by atoms with Gasteiger partial charge in [-0.25, -0.2) is 0 Å². The van der Waals surface area contributed by atoms with Gasteiger partial charge in [-0.05, 0) is 25.2 Å². The van der Waals surface area contributed by atoms with Crippen molar-refractivity contribution in [2.24, 2.45) is 5.73 Å². The first-order valence-corrected chi connectivity index (χ1v) is 6.25. The van der Waals surface area contributed by atoms with Crippen molar-refractivity contribution in [2.45, 2.75) is 6.92 Å². The van der Waals surface area contributed by atoms with Crippen molar-refractivity contribution < 1.29 is 5.11 Å². The third kappa shape index (κ3) is 3.45. The number of allylic oxidation sites excluding steroid dienone is 7. The molecule has 1 aliphatic rings. The van der Waals surface area contributed by atoms with E-state index < -0.39 is 0 Å². The van der Waals surface area contributed by atoms with E-state index in [1.807, 2.05) is 29.1 Å². The summed E-state index contributed by atoms with van der Waals surface area (Å²) in [6.07, 6.45) is 11.8. The summed E-state index contributed by atoms with van der Waals surface area (Å²) >= 11 is 0. The molecule has 1 heterocycles.